The Balaban J connectivity index is 1.75. The number of hydrogen-bond donors (Lipinski definition) is 2. The van der Waals surface area contributed by atoms with E-state index < -0.39 is 18.0 Å². The Morgan fingerprint density at radius 2 is 1.96 bits per heavy atom. The van der Waals surface area contributed by atoms with Gasteiger partial charge in [0.15, 0.2) is 5.58 Å². The lowest BCUT2D eigenvalue weighted by Crippen LogP contribution is -2.47. The highest BCUT2D eigenvalue weighted by atomic mass is 16.5. The molecule has 1 heterocycles. The number of aromatic nitrogens is 1. The molecule has 0 saturated carbocycles. The number of oxazole rings is 1. The number of rotatable bonds is 6. The number of fused-ring (bicyclic) bond motifs is 1. The monoisotopic (exact) mass is 381 g/mol. The molecule has 0 unspecified atom stereocenters. The summed E-state index contributed by atoms with van der Waals surface area (Å²) >= 11 is 0. The van der Waals surface area contributed by atoms with E-state index in [-0.39, 0.29) is 5.92 Å². The second kappa shape index (κ2) is 8.56. The first-order valence-electron chi connectivity index (χ1n) is 9.13. The lowest BCUT2D eigenvalue weighted by atomic mass is 9.99. The SMILES string of the molecule is CC[C@@H](C)[C@@H](NC(=O)Nc1cccc(-c2nc3ccccc3o2)c1)C(=O)OC. The van der Waals surface area contributed by atoms with Crippen molar-refractivity contribution < 1.29 is 18.7 Å². The Hall–Kier alpha value is -3.35. The van der Waals surface area contributed by atoms with Crippen LogP contribution in [0.5, 0.6) is 0 Å². The summed E-state index contributed by atoms with van der Waals surface area (Å²) in [6, 6.07) is 13.5. The van der Waals surface area contributed by atoms with Crippen molar-refractivity contribution in [3.63, 3.8) is 0 Å². The van der Waals surface area contributed by atoms with E-state index in [1.165, 1.54) is 7.11 Å². The maximum atomic E-state index is 12.4. The van der Waals surface area contributed by atoms with Crippen LogP contribution < -0.4 is 10.6 Å². The van der Waals surface area contributed by atoms with Crippen molar-refractivity contribution in [1.82, 2.24) is 10.3 Å². The van der Waals surface area contributed by atoms with E-state index in [2.05, 4.69) is 15.6 Å². The first-order chi connectivity index (χ1) is 13.5. The lowest BCUT2D eigenvalue weighted by molar-refractivity contribution is -0.144. The van der Waals surface area contributed by atoms with Gasteiger partial charge >= 0.3 is 12.0 Å². The third-order valence-electron chi connectivity index (χ3n) is 4.62. The second-order valence-electron chi connectivity index (χ2n) is 6.55. The lowest BCUT2D eigenvalue weighted by Gasteiger charge is -2.22. The molecule has 146 valence electrons. The summed E-state index contributed by atoms with van der Waals surface area (Å²) < 4.78 is 10.6. The van der Waals surface area contributed by atoms with Crippen molar-refractivity contribution in [2.45, 2.75) is 26.3 Å². The van der Waals surface area contributed by atoms with Gasteiger partial charge in [0.25, 0.3) is 0 Å². The van der Waals surface area contributed by atoms with Gasteiger partial charge in [-0.3, -0.25) is 0 Å². The molecular weight excluding hydrogens is 358 g/mol. The van der Waals surface area contributed by atoms with Gasteiger partial charge in [-0.25, -0.2) is 14.6 Å². The number of urea groups is 1. The number of benzene rings is 2. The smallest absolute Gasteiger partial charge is 0.328 e. The van der Waals surface area contributed by atoms with Crippen LogP contribution in [0.2, 0.25) is 0 Å². The van der Waals surface area contributed by atoms with Crippen LogP contribution in [-0.4, -0.2) is 30.1 Å². The number of nitrogens with zero attached hydrogens (tertiary/aromatic N) is 1. The number of methoxy groups -OCH3 is 1. The summed E-state index contributed by atoms with van der Waals surface area (Å²) in [5.74, 6) is -0.0497. The summed E-state index contributed by atoms with van der Waals surface area (Å²) in [4.78, 5) is 28.8. The molecule has 28 heavy (non-hydrogen) atoms. The van der Waals surface area contributed by atoms with Crippen LogP contribution in [0.1, 0.15) is 20.3 Å². The molecule has 0 saturated heterocycles. The molecule has 0 aliphatic heterocycles. The number of amides is 2. The van der Waals surface area contributed by atoms with Gasteiger partial charge in [0.2, 0.25) is 5.89 Å². The minimum atomic E-state index is -0.713. The van der Waals surface area contributed by atoms with Crippen LogP contribution in [0, 0.1) is 5.92 Å². The molecule has 7 heteroatoms. The number of nitrogens with one attached hydrogen (secondary N) is 2. The van der Waals surface area contributed by atoms with Crippen LogP contribution in [0.15, 0.2) is 52.9 Å². The van der Waals surface area contributed by atoms with Crippen LogP contribution in [0.3, 0.4) is 0 Å². The Kier molecular flexibility index (Phi) is 5.93. The number of carbonyl (C=O) groups is 2. The van der Waals surface area contributed by atoms with Crippen molar-refractivity contribution in [2.24, 2.45) is 5.92 Å². The third-order valence-corrected chi connectivity index (χ3v) is 4.62. The first kappa shape index (κ1) is 19.4. The Morgan fingerprint density at radius 1 is 1.18 bits per heavy atom. The molecule has 0 radical (unpaired) electrons. The highest BCUT2D eigenvalue weighted by molar-refractivity contribution is 5.93. The fourth-order valence-electron chi connectivity index (χ4n) is 2.83. The van der Waals surface area contributed by atoms with E-state index in [0.29, 0.717) is 17.2 Å². The van der Waals surface area contributed by atoms with Crippen molar-refractivity contribution in [2.75, 3.05) is 12.4 Å². The highest BCUT2D eigenvalue weighted by Crippen LogP contribution is 2.26. The van der Waals surface area contributed by atoms with Crippen molar-refractivity contribution in [1.29, 1.82) is 0 Å². The molecule has 2 amide bonds. The molecule has 0 aliphatic carbocycles. The molecule has 2 aromatic carbocycles. The van der Waals surface area contributed by atoms with Crippen LogP contribution in [0.25, 0.3) is 22.6 Å². The Bertz CT molecular complexity index is 949. The summed E-state index contributed by atoms with van der Waals surface area (Å²) in [7, 11) is 1.31. The Morgan fingerprint density at radius 3 is 2.68 bits per heavy atom. The minimum Gasteiger partial charge on any atom is -0.467 e. The van der Waals surface area contributed by atoms with E-state index in [1.807, 2.05) is 44.2 Å². The number of ether oxygens (including phenoxy) is 1. The fraction of sp³-hybridized carbons (Fsp3) is 0.286. The summed E-state index contributed by atoms with van der Waals surface area (Å²) in [6.45, 7) is 3.83. The molecule has 0 aliphatic rings. The molecular formula is C21H23N3O4. The molecule has 0 spiro atoms. The topological polar surface area (TPSA) is 93.5 Å². The zero-order chi connectivity index (χ0) is 20.1. The molecule has 3 rings (SSSR count). The van der Waals surface area contributed by atoms with Gasteiger partial charge in [-0.05, 0) is 36.2 Å². The van der Waals surface area contributed by atoms with Crippen molar-refractivity contribution in [3.05, 3.63) is 48.5 Å². The molecule has 1 aromatic heterocycles. The quantitative estimate of drug-likeness (QED) is 0.624. The number of carbonyl (C=O) groups excluding carboxylic acids is 2. The number of anilines is 1. The maximum Gasteiger partial charge on any atom is 0.328 e. The molecule has 3 aromatic rings. The van der Waals surface area contributed by atoms with Gasteiger partial charge < -0.3 is 19.8 Å². The van der Waals surface area contributed by atoms with Gasteiger partial charge in [-0.2, -0.15) is 0 Å². The zero-order valence-corrected chi connectivity index (χ0v) is 16.1. The number of hydrogen-bond acceptors (Lipinski definition) is 5. The number of para-hydroxylation sites is 2. The van der Waals surface area contributed by atoms with Gasteiger partial charge in [-0.15, -0.1) is 0 Å². The Labute approximate surface area is 163 Å². The standard InChI is InChI=1S/C21H23N3O4/c1-4-13(2)18(20(25)27-3)24-21(26)22-15-9-7-8-14(12-15)19-23-16-10-5-6-11-17(16)28-19/h5-13,18H,4H2,1-3H3,(H2,22,24,26)/t13-,18-/m1/s1. The normalized spacial score (nSPS) is 13.0. The zero-order valence-electron chi connectivity index (χ0n) is 16.1. The second-order valence-corrected chi connectivity index (χ2v) is 6.55. The predicted molar refractivity (Wildman–Crippen MR) is 107 cm³/mol. The number of esters is 1. The minimum absolute atomic E-state index is 0.0516. The molecule has 0 bridgehead atoms. The van der Waals surface area contributed by atoms with Gasteiger partial charge in [0, 0.05) is 11.3 Å². The molecule has 2 atom stereocenters. The van der Waals surface area contributed by atoms with Crippen molar-refractivity contribution in [3.8, 4) is 11.5 Å². The van der Waals surface area contributed by atoms with E-state index in [4.69, 9.17) is 9.15 Å². The summed E-state index contributed by atoms with van der Waals surface area (Å²) in [5.41, 5.74) is 2.76. The van der Waals surface area contributed by atoms with Gasteiger partial charge in [0.05, 0.1) is 7.11 Å². The first-order valence-corrected chi connectivity index (χ1v) is 9.13. The van der Waals surface area contributed by atoms with Crippen LogP contribution >= 0.6 is 0 Å². The highest BCUT2D eigenvalue weighted by Gasteiger charge is 2.26. The predicted octanol–water partition coefficient (Wildman–Crippen LogP) is 4.20. The summed E-state index contributed by atoms with van der Waals surface area (Å²) in [6.07, 6.45) is 0.729. The van der Waals surface area contributed by atoms with E-state index in [0.717, 1.165) is 17.5 Å². The van der Waals surface area contributed by atoms with E-state index in [1.54, 1.807) is 18.2 Å². The molecule has 7 nitrogen and oxygen atoms in total. The van der Waals surface area contributed by atoms with Crippen LogP contribution in [0.4, 0.5) is 10.5 Å². The molecule has 2 N–H and O–H groups in total. The third kappa shape index (κ3) is 4.31. The van der Waals surface area contributed by atoms with E-state index in [9.17, 15) is 9.59 Å². The summed E-state index contributed by atoms with van der Waals surface area (Å²) in [5, 5.41) is 5.43. The van der Waals surface area contributed by atoms with Crippen molar-refractivity contribution >= 4 is 28.8 Å². The maximum absolute atomic E-state index is 12.4. The van der Waals surface area contributed by atoms with Crippen LogP contribution in [-0.2, 0) is 9.53 Å². The average molecular weight is 381 g/mol. The average Bonchev–Trinajstić information content (AvgIpc) is 3.15. The largest absolute Gasteiger partial charge is 0.467 e. The fourth-order valence-corrected chi connectivity index (χ4v) is 2.83. The van der Waals surface area contributed by atoms with Gasteiger partial charge in [0.1, 0.15) is 11.6 Å². The molecule has 0 fully saturated rings. The van der Waals surface area contributed by atoms with E-state index >= 15 is 0 Å². The van der Waals surface area contributed by atoms with Gasteiger partial charge in [-0.1, -0.05) is 38.5 Å².